The summed E-state index contributed by atoms with van der Waals surface area (Å²) in [4.78, 5) is 13.2. The fourth-order valence-corrected chi connectivity index (χ4v) is 2.98. The predicted octanol–water partition coefficient (Wildman–Crippen LogP) is 4.45. The molecule has 0 fully saturated rings. The van der Waals surface area contributed by atoms with E-state index in [1.807, 2.05) is 13.0 Å². The molecule has 0 bridgehead atoms. The van der Waals surface area contributed by atoms with Crippen molar-refractivity contribution in [3.05, 3.63) is 55.3 Å². The van der Waals surface area contributed by atoms with Crippen LogP contribution in [0.25, 0.3) is 0 Å². The standard InChI is InChI=1S/C15H18N2O2S/c1-4-12-5-6-13(20-12)9-16-14-7-11(3)15(17(18)19)8-10(14)2/h5-8,16H,4,9H2,1-3H3. The van der Waals surface area contributed by atoms with Gasteiger partial charge in [0.2, 0.25) is 0 Å². The highest BCUT2D eigenvalue weighted by Gasteiger charge is 2.13. The van der Waals surface area contributed by atoms with Gasteiger partial charge >= 0.3 is 0 Å². The highest BCUT2D eigenvalue weighted by Crippen LogP contribution is 2.27. The Morgan fingerprint density at radius 1 is 1.20 bits per heavy atom. The van der Waals surface area contributed by atoms with Crippen molar-refractivity contribution >= 4 is 22.7 Å². The van der Waals surface area contributed by atoms with Crippen molar-refractivity contribution in [3.63, 3.8) is 0 Å². The molecule has 0 amide bonds. The maximum absolute atomic E-state index is 10.9. The van der Waals surface area contributed by atoms with Gasteiger partial charge in [-0.1, -0.05) is 6.92 Å². The molecule has 0 radical (unpaired) electrons. The molecule has 1 aromatic heterocycles. The van der Waals surface area contributed by atoms with Crippen molar-refractivity contribution in [3.8, 4) is 0 Å². The lowest BCUT2D eigenvalue weighted by Gasteiger charge is -2.10. The summed E-state index contributed by atoms with van der Waals surface area (Å²) in [5.74, 6) is 0. The van der Waals surface area contributed by atoms with Crippen LogP contribution in [-0.2, 0) is 13.0 Å². The minimum absolute atomic E-state index is 0.178. The molecule has 0 unspecified atom stereocenters. The van der Waals surface area contributed by atoms with Crippen molar-refractivity contribution in [1.29, 1.82) is 0 Å². The number of nitro benzene ring substituents is 1. The molecule has 0 saturated heterocycles. The summed E-state index contributed by atoms with van der Waals surface area (Å²) in [5, 5.41) is 14.2. The van der Waals surface area contributed by atoms with Crippen molar-refractivity contribution in [2.24, 2.45) is 0 Å². The van der Waals surface area contributed by atoms with Crippen molar-refractivity contribution in [1.82, 2.24) is 0 Å². The van der Waals surface area contributed by atoms with Crippen LogP contribution < -0.4 is 5.32 Å². The van der Waals surface area contributed by atoms with Gasteiger partial charge in [0.25, 0.3) is 5.69 Å². The van der Waals surface area contributed by atoms with E-state index in [0.29, 0.717) is 5.56 Å². The molecule has 2 rings (SSSR count). The summed E-state index contributed by atoms with van der Waals surface area (Å²) in [6.07, 6.45) is 1.06. The zero-order valence-corrected chi connectivity index (χ0v) is 12.7. The van der Waals surface area contributed by atoms with Crippen LogP contribution in [0.5, 0.6) is 0 Å². The molecule has 1 heterocycles. The number of hydrogen-bond donors (Lipinski definition) is 1. The SMILES string of the molecule is CCc1ccc(CNc2cc(C)c([N+](=O)[O-])cc2C)s1. The van der Waals surface area contributed by atoms with E-state index in [1.165, 1.54) is 9.75 Å². The molecular formula is C15H18N2O2S. The molecular weight excluding hydrogens is 272 g/mol. The first-order valence-corrected chi connectivity index (χ1v) is 7.40. The first-order valence-electron chi connectivity index (χ1n) is 6.58. The first-order chi connectivity index (χ1) is 9.51. The fraction of sp³-hybridized carbons (Fsp3) is 0.333. The molecule has 0 saturated carbocycles. The maximum Gasteiger partial charge on any atom is 0.272 e. The average Bonchev–Trinajstić information content (AvgIpc) is 2.87. The smallest absolute Gasteiger partial charge is 0.272 e. The van der Waals surface area contributed by atoms with Gasteiger partial charge in [0.1, 0.15) is 0 Å². The third-order valence-electron chi connectivity index (χ3n) is 3.26. The lowest BCUT2D eigenvalue weighted by atomic mass is 10.1. The minimum Gasteiger partial charge on any atom is -0.380 e. The lowest BCUT2D eigenvalue weighted by Crippen LogP contribution is -2.01. The molecule has 4 nitrogen and oxygen atoms in total. The molecule has 1 N–H and O–H groups in total. The van der Waals surface area contributed by atoms with E-state index in [4.69, 9.17) is 0 Å². The monoisotopic (exact) mass is 290 g/mol. The summed E-state index contributed by atoms with van der Waals surface area (Å²) in [5.41, 5.74) is 2.72. The molecule has 0 aliphatic rings. The molecule has 0 atom stereocenters. The highest BCUT2D eigenvalue weighted by atomic mass is 32.1. The molecule has 2 aromatic rings. The van der Waals surface area contributed by atoms with E-state index in [-0.39, 0.29) is 10.6 Å². The zero-order chi connectivity index (χ0) is 14.7. The van der Waals surface area contributed by atoms with Crippen LogP contribution in [0.2, 0.25) is 0 Å². The second kappa shape index (κ2) is 6.05. The summed E-state index contributed by atoms with van der Waals surface area (Å²) in [6, 6.07) is 7.76. The number of rotatable bonds is 5. The van der Waals surface area contributed by atoms with Gasteiger partial charge in [-0.3, -0.25) is 10.1 Å². The Bertz CT molecular complexity index is 635. The third-order valence-corrected chi connectivity index (χ3v) is 4.49. The number of nitro groups is 1. The Kier molecular flexibility index (Phi) is 4.39. The van der Waals surface area contributed by atoms with Gasteiger partial charge in [-0.05, 0) is 44.0 Å². The van der Waals surface area contributed by atoms with Crippen LogP contribution in [0.15, 0.2) is 24.3 Å². The Labute approximate surface area is 122 Å². The van der Waals surface area contributed by atoms with Gasteiger partial charge in [0.15, 0.2) is 0 Å². The number of nitrogens with one attached hydrogen (secondary N) is 1. The Morgan fingerprint density at radius 3 is 2.50 bits per heavy atom. The molecule has 20 heavy (non-hydrogen) atoms. The second-order valence-electron chi connectivity index (χ2n) is 4.79. The van der Waals surface area contributed by atoms with Crippen LogP contribution in [0.1, 0.15) is 27.8 Å². The normalized spacial score (nSPS) is 10.6. The maximum atomic E-state index is 10.9. The van der Waals surface area contributed by atoms with Gasteiger partial charge in [0.05, 0.1) is 4.92 Å². The van der Waals surface area contributed by atoms with E-state index < -0.39 is 0 Å². The van der Waals surface area contributed by atoms with E-state index in [0.717, 1.165) is 24.2 Å². The zero-order valence-electron chi connectivity index (χ0n) is 11.9. The predicted molar refractivity (Wildman–Crippen MR) is 83.6 cm³/mol. The molecule has 0 aliphatic carbocycles. The largest absolute Gasteiger partial charge is 0.380 e. The van der Waals surface area contributed by atoms with Crippen LogP contribution in [0.3, 0.4) is 0 Å². The average molecular weight is 290 g/mol. The van der Waals surface area contributed by atoms with Gasteiger partial charge in [-0.2, -0.15) is 0 Å². The van der Waals surface area contributed by atoms with E-state index >= 15 is 0 Å². The van der Waals surface area contributed by atoms with Gasteiger partial charge in [0, 0.05) is 33.6 Å². The number of aryl methyl sites for hydroxylation is 3. The molecule has 0 spiro atoms. The Morgan fingerprint density at radius 2 is 1.90 bits per heavy atom. The van der Waals surface area contributed by atoms with E-state index in [9.17, 15) is 10.1 Å². The Balaban J connectivity index is 2.13. The second-order valence-corrected chi connectivity index (χ2v) is 6.04. The number of nitrogens with zero attached hydrogens (tertiary/aromatic N) is 1. The topological polar surface area (TPSA) is 55.2 Å². The van der Waals surface area contributed by atoms with Crippen molar-refractivity contribution < 1.29 is 4.92 Å². The van der Waals surface area contributed by atoms with Crippen LogP contribution in [0.4, 0.5) is 11.4 Å². The summed E-state index contributed by atoms with van der Waals surface area (Å²) < 4.78 is 0. The quantitative estimate of drug-likeness (QED) is 0.654. The van der Waals surface area contributed by atoms with Gasteiger partial charge in [-0.15, -0.1) is 11.3 Å². The summed E-state index contributed by atoms with van der Waals surface area (Å²) >= 11 is 1.80. The Hall–Kier alpha value is -1.88. The van der Waals surface area contributed by atoms with E-state index in [1.54, 1.807) is 24.3 Å². The van der Waals surface area contributed by atoms with Crippen LogP contribution in [0, 0.1) is 24.0 Å². The van der Waals surface area contributed by atoms with Gasteiger partial charge < -0.3 is 5.32 Å². The van der Waals surface area contributed by atoms with Crippen LogP contribution >= 0.6 is 11.3 Å². The minimum atomic E-state index is -0.334. The number of anilines is 1. The van der Waals surface area contributed by atoms with Crippen molar-refractivity contribution in [2.45, 2.75) is 33.7 Å². The summed E-state index contributed by atoms with van der Waals surface area (Å²) in [7, 11) is 0. The molecule has 106 valence electrons. The highest BCUT2D eigenvalue weighted by molar-refractivity contribution is 7.12. The molecule has 0 aliphatic heterocycles. The van der Waals surface area contributed by atoms with Gasteiger partial charge in [-0.25, -0.2) is 0 Å². The first kappa shape index (κ1) is 14.5. The molecule has 1 aromatic carbocycles. The number of thiophene rings is 1. The lowest BCUT2D eigenvalue weighted by molar-refractivity contribution is -0.385. The summed E-state index contributed by atoms with van der Waals surface area (Å²) in [6.45, 7) is 6.55. The number of hydrogen-bond acceptors (Lipinski definition) is 4. The fourth-order valence-electron chi connectivity index (χ4n) is 2.08. The third kappa shape index (κ3) is 3.17. The van der Waals surface area contributed by atoms with E-state index in [2.05, 4.69) is 24.4 Å². The number of benzene rings is 1. The van der Waals surface area contributed by atoms with Crippen molar-refractivity contribution in [2.75, 3.05) is 5.32 Å². The van der Waals surface area contributed by atoms with Crippen LogP contribution in [-0.4, -0.2) is 4.92 Å². The molecule has 5 heteroatoms.